The normalized spacial score (nSPS) is 11.6. The molecule has 0 bridgehead atoms. The third-order valence-electron chi connectivity index (χ3n) is 22.1. The molecule has 716 valence electrons. The van der Waals surface area contributed by atoms with Crippen molar-refractivity contribution in [2.75, 3.05) is 105 Å². The molecule has 0 aliphatic carbocycles. The number of benzene rings is 16. The second kappa shape index (κ2) is 48.5. The van der Waals surface area contributed by atoms with E-state index in [0.29, 0.717) is 78.9 Å². The molecular weight excluding hydrogens is 1810 g/mol. The topological polar surface area (TPSA) is 478 Å². The Kier molecular flexibility index (Phi) is 34.1. The molecule has 2 aliphatic rings. The molecule has 28 nitrogen and oxygen atoms in total. The van der Waals surface area contributed by atoms with E-state index in [4.69, 9.17) is 57.3 Å². The number of nitrogens with zero attached hydrogens (tertiary/aromatic N) is 8. The monoisotopic (exact) mass is 1910 g/mol. The third-order valence-corrected chi connectivity index (χ3v) is 22.1. The van der Waals surface area contributed by atoms with Crippen molar-refractivity contribution in [2.24, 2.45) is 20.5 Å². The molecular formula is C116H102N18O10. The number of ether oxygens (including phenoxy) is 2. The van der Waals surface area contributed by atoms with Gasteiger partial charge in [0.05, 0.1) is 45.0 Å². The maximum Gasteiger partial charge on any atom is 0.346 e. The van der Waals surface area contributed by atoms with Crippen molar-refractivity contribution in [1.29, 1.82) is 0 Å². The summed E-state index contributed by atoms with van der Waals surface area (Å²) in [6.45, 7) is 0. The third kappa shape index (κ3) is 29.0. The molecule has 16 aromatic rings. The minimum atomic E-state index is -0.663. The summed E-state index contributed by atoms with van der Waals surface area (Å²) in [5, 5.41) is 17.0. The van der Waals surface area contributed by atoms with Gasteiger partial charge in [0.1, 0.15) is 0 Å². The summed E-state index contributed by atoms with van der Waals surface area (Å²) in [4.78, 5) is 103. The molecule has 144 heavy (non-hydrogen) atoms. The van der Waals surface area contributed by atoms with Gasteiger partial charge in [0, 0.05) is 130 Å². The Morgan fingerprint density at radius 3 is 0.618 bits per heavy atom. The number of nitrogen functional groups attached to an aromatic ring is 10. The lowest BCUT2D eigenvalue weighted by atomic mass is 10.0. The lowest BCUT2D eigenvalue weighted by molar-refractivity contribution is 0.0425. The zero-order chi connectivity index (χ0) is 102. The van der Waals surface area contributed by atoms with E-state index in [0.717, 1.165) is 90.3 Å². The van der Waals surface area contributed by atoms with Crippen LogP contribution in [0.1, 0.15) is 127 Å². The van der Waals surface area contributed by atoms with Gasteiger partial charge >= 0.3 is 23.9 Å². The van der Waals surface area contributed by atoms with Crippen molar-refractivity contribution in [1.82, 2.24) is 0 Å². The molecule has 28 heteroatoms. The van der Waals surface area contributed by atoms with Crippen LogP contribution in [-0.2, 0) is 9.47 Å². The van der Waals surface area contributed by atoms with Gasteiger partial charge in [-0.2, -0.15) is 20.5 Å². The zero-order valence-corrected chi connectivity index (χ0v) is 78.8. The number of anilines is 14. The maximum atomic E-state index is 12.8. The van der Waals surface area contributed by atoms with Gasteiger partial charge in [0.15, 0.2) is 0 Å². The Labute approximate surface area is 832 Å². The van der Waals surface area contributed by atoms with Crippen molar-refractivity contribution < 1.29 is 47.8 Å². The standard InChI is InChI=1S/2C28H26N6O2.C18H8O6.3C14H14N2/c1-33(25-15-7-21(29)8-16-25)27(35)19-3-11-23(12-4-19)31-32-24-13-5-20(6-14-24)28(36)34(2)26-17-9-22(30)10-18-26;1-33(27(35)19-3-7-21(29)8-4-19)25-15-11-23(12-16-25)31-32-24-13-17-26(18-14-24)34(2)28(36)20-5-9-22(30)10-6-20;19-15-11-5-3-9(7-13(11)17(21)23-15)1-2-10-4-6-12-14(8-10)18(22)24-16(12)20;15-13-5-1-3-11(9-13)7-8-12-4-2-6-14(16)10-12;15-13-7-3-11(4-8-13)1-2-12-5-9-14(16)10-6-12;15-13-8-6-11(7-9-13)4-5-12-2-1-3-14(16)10-12/h2*3-18H,29-30H2,1-2H3;1-8H;3*1-10H,15-16H2. The largest absolute Gasteiger partial charge is 0.399 e. The van der Waals surface area contributed by atoms with Crippen LogP contribution >= 0.6 is 0 Å². The maximum absolute atomic E-state index is 12.8. The Morgan fingerprint density at radius 1 is 0.201 bits per heavy atom. The van der Waals surface area contributed by atoms with E-state index >= 15 is 0 Å². The summed E-state index contributed by atoms with van der Waals surface area (Å²) in [5.41, 5.74) is 80.5. The minimum Gasteiger partial charge on any atom is -0.399 e. The van der Waals surface area contributed by atoms with Gasteiger partial charge in [0.2, 0.25) is 0 Å². The SMILES string of the molecule is CN(C(=O)c1ccc(N)cc1)c1ccc(N=Nc2ccc(N(C)C(=O)c3ccc(N)cc3)cc2)cc1.CN(C(=O)c1ccc(N=Nc2ccc(C(=O)N(C)c3ccc(N)cc3)cc2)cc1)c1ccc(N)cc1.Nc1ccc(C=Cc2ccc(N)cc2)cc1.Nc1ccc(C=Cc2cccc(N)c2)cc1.Nc1cccc(C=Cc2cccc(N)c2)c1.O=C1OC(=O)c2cc(C=Cc3ccc4c(c3)C(=O)OC4=O)ccc21. The fraction of sp³-hybridized carbons (Fsp3) is 0.0345. The number of nitrogens with two attached hydrogens (primary N) is 10. The molecule has 2 aliphatic heterocycles. The molecule has 0 spiro atoms. The van der Waals surface area contributed by atoms with E-state index in [9.17, 15) is 38.4 Å². The molecule has 18 rings (SSSR count). The summed E-state index contributed by atoms with van der Waals surface area (Å²) in [6, 6.07) is 112. The van der Waals surface area contributed by atoms with Crippen LogP contribution in [-0.4, -0.2) is 75.7 Å². The fourth-order valence-electron chi connectivity index (χ4n) is 13.9. The molecule has 0 saturated carbocycles. The number of esters is 4. The van der Waals surface area contributed by atoms with Crippen molar-refractivity contribution in [2.45, 2.75) is 0 Å². The first-order chi connectivity index (χ1) is 69.4. The van der Waals surface area contributed by atoms with Crippen molar-refractivity contribution >= 4 is 198 Å². The van der Waals surface area contributed by atoms with Gasteiger partial charge in [0.25, 0.3) is 23.6 Å². The molecule has 4 amide bonds. The Hall–Kier alpha value is -20.2. The van der Waals surface area contributed by atoms with E-state index in [2.05, 4.69) is 29.9 Å². The highest BCUT2D eigenvalue weighted by molar-refractivity contribution is 6.16. The van der Waals surface area contributed by atoms with Crippen LogP contribution in [0.4, 0.5) is 102 Å². The first-order valence-electron chi connectivity index (χ1n) is 44.8. The van der Waals surface area contributed by atoms with Crippen molar-refractivity contribution in [3.63, 3.8) is 0 Å². The number of hydrogen-bond donors (Lipinski definition) is 10. The van der Waals surface area contributed by atoms with Crippen molar-refractivity contribution in [3.8, 4) is 0 Å². The molecule has 0 atom stereocenters. The number of cyclic esters (lactones) is 4. The number of fused-ring (bicyclic) bond motifs is 2. The first kappa shape index (κ1) is 101. The molecule has 0 fully saturated rings. The van der Waals surface area contributed by atoms with Gasteiger partial charge in [-0.15, -0.1) is 0 Å². The second-order valence-corrected chi connectivity index (χ2v) is 32.7. The number of azo groups is 2. The second-order valence-electron chi connectivity index (χ2n) is 32.7. The van der Waals surface area contributed by atoms with E-state index in [-0.39, 0.29) is 45.9 Å². The van der Waals surface area contributed by atoms with Crippen LogP contribution in [0.5, 0.6) is 0 Å². The molecule has 0 aromatic heterocycles. The van der Waals surface area contributed by atoms with Crippen LogP contribution in [0.2, 0.25) is 0 Å². The number of amides is 4. The average Bonchev–Trinajstić information content (AvgIpc) is 1.66. The average molecular weight is 1910 g/mol. The summed E-state index contributed by atoms with van der Waals surface area (Å²) < 4.78 is 9.07. The first-order valence-corrected chi connectivity index (χ1v) is 44.8. The summed E-state index contributed by atoms with van der Waals surface area (Å²) >= 11 is 0. The van der Waals surface area contributed by atoms with E-state index < -0.39 is 23.9 Å². The van der Waals surface area contributed by atoms with E-state index in [1.54, 1.807) is 254 Å². The van der Waals surface area contributed by atoms with Gasteiger partial charge < -0.3 is 86.4 Å². The van der Waals surface area contributed by atoms with Gasteiger partial charge in [-0.05, 0) is 336 Å². The molecule has 20 N–H and O–H groups in total. The predicted molar refractivity (Wildman–Crippen MR) is 582 cm³/mol. The number of carbonyl (C=O) groups is 8. The lowest BCUT2D eigenvalue weighted by Crippen LogP contribution is -2.26. The van der Waals surface area contributed by atoms with E-state index in [1.807, 2.05) is 206 Å². The lowest BCUT2D eigenvalue weighted by Gasteiger charge is -2.17. The molecule has 0 saturated heterocycles. The van der Waals surface area contributed by atoms with Gasteiger partial charge in [-0.1, -0.05) is 134 Å². The van der Waals surface area contributed by atoms with Gasteiger partial charge in [-0.3, -0.25) is 19.2 Å². The number of carbonyl (C=O) groups excluding carboxylic acids is 8. The minimum absolute atomic E-state index is 0.135. The zero-order valence-electron chi connectivity index (χ0n) is 78.8. The van der Waals surface area contributed by atoms with Crippen molar-refractivity contribution in [3.05, 3.63) is 465 Å². The smallest absolute Gasteiger partial charge is 0.346 e. The van der Waals surface area contributed by atoms with Crippen LogP contribution in [0, 0.1) is 0 Å². The fourth-order valence-corrected chi connectivity index (χ4v) is 13.9. The molecule has 16 aromatic carbocycles. The highest BCUT2D eigenvalue weighted by Crippen LogP contribution is 2.31. The Balaban J connectivity index is 0.000000150. The number of rotatable bonds is 20. The summed E-state index contributed by atoms with van der Waals surface area (Å²) in [7, 11) is 6.85. The van der Waals surface area contributed by atoms with Crippen LogP contribution < -0.4 is 76.9 Å². The van der Waals surface area contributed by atoms with Crippen LogP contribution in [0.3, 0.4) is 0 Å². The highest BCUT2D eigenvalue weighted by atomic mass is 16.6. The molecule has 2 heterocycles. The van der Waals surface area contributed by atoms with Crippen LogP contribution in [0.25, 0.3) is 48.6 Å². The summed E-state index contributed by atoms with van der Waals surface area (Å²) in [5.74, 6) is -3.18. The van der Waals surface area contributed by atoms with Gasteiger partial charge in [-0.25, -0.2) is 19.2 Å². The molecule has 0 unspecified atom stereocenters. The molecule has 0 radical (unpaired) electrons. The highest BCUT2D eigenvalue weighted by Gasteiger charge is 2.31. The van der Waals surface area contributed by atoms with E-state index in [1.165, 1.54) is 12.1 Å². The Morgan fingerprint density at radius 2 is 0.382 bits per heavy atom. The quantitative estimate of drug-likeness (QED) is 0.0111. The Bertz CT molecular complexity index is 7080. The summed E-state index contributed by atoms with van der Waals surface area (Å²) in [6.07, 6.45) is 15.6. The number of hydrogen-bond acceptors (Lipinski definition) is 24. The van der Waals surface area contributed by atoms with Crippen LogP contribution in [0.15, 0.2) is 397 Å². The predicted octanol–water partition coefficient (Wildman–Crippen LogP) is 23.2.